The summed E-state index contributed by atoms with van der Waals surface area (Å²) in [6.07, 6.45) is 4.96. The monoisotopic (exact) mass is 600 g/mol. The van der Waals surface area contributed by atoms with Crippen LogP contribution >= 0.6 is 0 Å². The molecule has 224 valence electrons. The van der Waals surface area contributed by atoms with Crippen LogP contribution in [0.15, 0.2) is 41.5 Å². The first kappa shape index (κ1) is 30.9. The SMILES string of the molecule is CCN(C)S(=O)(=O)Nc1ccc(F)c(Oc2ccc3ncn(CCCC4CCN(CC(=O)O)CC4)c(=O)c3c2)c1C#N. The molecular weight excluding hydrogens is 567 g/mol. The highest BCUT2D eigenvalue weighted by Crippen LogP contribution is 2.34. The van der Waals surface area contributed by atoms with Crippen LogP contribution in [0.5, 0.6) is 11.5 Å². The zero-order valence-corrected chi connectivity index (χ0v) is 24.2. The van der Waals surface area contributed by atoms with E-state index in [0.29, 0.717) is 18.0 Å². The summed E-state index contributed by atoms with van der Waals surface area (Å²) in [7, 11) is -2.62. The molecule has 14 heteroatoms. The number of carboxylic acid groups (broad SMARTS) is 1. The van der Waals surface area contributed by atoms with E-state index in [4.69, 9.17) is 9.84 Å². The van der Waals surface area contributed by atoms with Gasteiger partial charge in [-0.25, -0.2) is 9.37 Å². The number of ether oxygens (including phenoxy) is 1. The zero-order chi connectivity index (χ0) is 30.4. The number of nitrogens with one attached hydrogen (secondary N) is 1. The Balaban J connectivity index is 1.49. The van der Waals surface area contributed by atoms with Crippen LogP contribution in [0, 0.1) is 23.1 Å². The van der Waals surface area contributed by atoms with Crippen molar-refractivity contribution in [3.63, 3.8) is 0 Å². The van der Waals surface area contributed by atoms with E-state index in [1.165, 1.54) is 30.1 Å². The number of fused-ring (bicyclic) bond motifs is 1. The summed E-state index contributed by atoms with van der Waals surface area (Å²) in [5.41, 5.74) is -0.376. The number of carboxylic acids is 1. The van der Waals surface area contributed by atoms with E-state index in [1.807, 2.05) is 4.90 Å². The number of aromatic nitrogens is 2. The highest BCUT2D eigenvalue weighted by Gasteiger charge is 2.23. The van der Waals surface area contributed by atoms with E-state index in [0.717, 1.165) is 55.2 Å². The van der Waals surface area contributed by atoms with Crippen molar-refractivity contribution >= 4 is 32.8 Å². The lowest BCUT2D eigenvalue weighted by Gasteiger charge is -2.30. The Kier molecular flexibility index (Phi) is 9.77. The van der Waals surface area contributed by atoms with Gasteiger partial charge in [-0.15, -0.1) is 0 Å². The minimum absolute atomic E-state index is 0.0574. The number of nitriles is 1. The lowest BCUT2D eigenvalue weighted by Crippen LogP contribution is -2.37. The topological polar surface area (TPSA) is 158 Å². The van der Waals surface area contributed by atoms with E-state index in [9.17, 15) is 27.7 Å². The van der Waals surface area contributed by atoms with Gasteiger partial charge in [0.2, 0.25) is 0 Å². The summed E-state index contributed by atoms with van der Waals surface area (Å²) in [4.78, 5) is 30.5. The van der Waals surface area contributed by atoms with Crippen molar-refractivity contribution in [2.45, 2.75) is 39.2 Å². The number of rotatable bonds is 12. The number of benzene rings is 2. The number of halogens is 1. The molecule has 0 radical (unpaired) electrons. The summed E-state index contributed by atoms with van der Waals surface area (Å²) in [5.74, 6) is -1.64. The maximum atomic E-state index is 14.8. The average Bonchev–Trinajstić information content (AvgIpc) is 2.96. The van der Waals surface area contributed by atoms with Crippen LogP contribution in [-0.4, -0.2) is 71.5 Å². The molecule has 4 rings (SSSR count). The second-order valence-corrected chi connectivity index (χ2v) is 12.0. The molecule has 0 saturated carbocycles. The molecule has 2 heterocycles. The number of aryl methyl sites for hydroxylation is 1. The van der Waals surface area contributed by atoms with E-state index < -0.39 is 27.7 Å². The second-order valence-electron chi connectivity index (χ2n) is 10.2. The molecule has 1 saturated heterocycles. The smallest absolute Gasteiger partial charge is 0.317 e. The van der Waals surface area contributed by atoms with Gasteiger partial charge >= 0.3 is 16.2 Å². The molecule has 1 aromatic heterocycles. The fourth-order valence-electron chi connectivity index (χ4n) is 4.89. The Bertz CT molecular complexity index is 1660. The van der Waals surface area contributed by atoms with Crippen LogP contribution < -0.4 is 15.0 Å². The molecule has 1 fully saturated rings. The third-order valence-corrected chi connectivity index (χ3v) is 8.97. The molecule has 12 nitrogen and oxygen atoms in total. The van der Waals surface area contributed by atoms with Crippen molar-refractivity contribution in [3.05, 3.63) is 58.4 Å². The molecule has 2 N–H and O–H groups in total. The van der Waals surface area contributed by atoms with Gasteiger partial charge in [-0.1, -0.05) is 6.92 Å². The second kappa shape index (κ2) is 13.3. The Morgan fingerprint density at radius 2 is 2.02 bits per heavy atom. The molecule has 0 atom stereocenters. The number of carbonyl (C=O) groups is 1. The van der Waals surface area contributed by atoms with Gasteiger partial charge < -0.3 is 9.84 Å². The molecule has 3 aromatic rings. The lowest BCUT2D eigenvalue weighted by molar-refractivity contribution is -0.138. The highest BCUT2D eigenvalue weighted by molar-refractivity contribution is 7.90. The van der Waals surface area contributed by atoms with Gasteiger partial charge in [0.05, 0.1) is 29.5 Å². The number of piperidine rings is 1. The largest absolute Gasteiger partial charge is 0.480 e. The summed E-state index contributed by atoms with van der Waals surface area (Å²) in [6.45, 7) is 3.82. The number of hydrogen-bond acceptors (Lipinski definition) is 8. The van der Waals surface area contributed by atoms with Crippen LogP contribution in [0.2, 0.25) is 0 Å². The average molecular weight is 601 g/mol. The molecular formula is C28H33FN6O6S. The number of likely N-dealkylation sites (tertiary alicyclic amines) is 1. The molecule has 1 aliphatic heterocycles. The zero-order valence-electron chi connectivity index (χ0n) is 23.4. The van der Waals surface area contributed by atoms with Crippen molar-refractivity contribution in [1.29, 1.82) is 5.26 Å². The third-order valence-electron chi connectivity index (χ3n) is 7.41. The molecule has 2 aromatic carbocycles. The van der Waals surface area contributed by atoms with Crippen LogP contribution in [0.3, 0.4) is 0 Å². The van der Waals surface area contributed by atoms with E-state index in [2.05, 4.69) is 9.71 Å². The molecule has 42 heavy (non-hydrogen) atoms. The van der Waals surface area contributed by atoms with Crippen LogP contribution in [-0.2, 0) is 21.5 Å². The summed E-state index contributed by atoms with van der Waals surface area (Å²) in [6, 6.07) is 8.39. The number of hydrogen-bond donors (Lipinski definition) is 2. The van der Waals surface area contributed by atoms with E-state index in [-0.39, 0.29) is 41.0 Å². The van der Waals surface area contributed by atoms with Gasteiger partial charge in [-0.3, -0.25) is 23.8 Å². The predicted molar refractivity (Wildman–Crippen MR) is 154 cm³/mol. The Morgan fingerprint density at radius 3 is 2.69 bits per heavy atom. The van der Waals surface area contributed by atoms with Crippen LogP contribution in [0.25, 0.3) is 10.9 Å². The van der Waals surface area contributed by atoms with Crippen molar-refractivity contribution in [1.82, 2.24) is 18.8 Å². The van der Waals surface area contributed by atoms with Gasteiger partial charge in [0.25, 0.3) is 5.56 Å². The first-order valence-electron chi connectivity index (χ1n) is 13.6. The number of anilines is 1. The normalized spacial score (nSPS) is 14.6. The standard InChI is InChI=1S/C28H33FN6O6S/c1-3-33(2)42(39,40)32-25-9-7-23(29)27(22(25)16-30)41-20-6-8-24-21(15-20)28(38)35(18-31-24)12-4-5-19-10-13-34(14-11-19)17-26(36)37/h6-9,15,18-19,32H,3-5,10-14,17H2,1-2H3,(H,36,37). The summed E-state index contributed by atoms with van der Waals surface area (Å²) in [5, 5.41) is 18.9. The number of nitrogens with zero attached hydrogens (tertiary/aromatic N) is 5. The minimum Gasteiger partial charge on any atom is -0.480 e. The van der Waals surface area contributed by atoms with Gasteiger partial charge in [-0.05, 0) is 75.0 Å². The molecule has 0 bridgehead atoms. The first-order chi connectivity index (χ1) is 20.0. The lowest BCUT2D eigenvalue weighted by atomic mass is 9.92. The summed E-state index contributed by atoms with van der Waals surface area (Å²) < 4.78 is 50.3. The van der Waals surface area contributed by atoms with Gasteiger partial charge in [0.1, 0.15) is 17.4 Å². The summed E-state index contributed by atoms with van der Waals surface area (Å²) >= 11 is 0. The molecule has 1 aliphatic rings. The van der Waals surface area contributed by atoms with E-state index >= 15 is 0 Å². The van der Waals surface area contributed by atoms with Crippen molar-refractivity contribution in [2.24, 2.45) is 5.92 Å². The first-order valence-corrected chi connectivity index (χ1v) is 15.0. The Morgan fingerprint density at radius 1 is 1.29 bits per heavy atom. The molecule has 0 aliphatic carbocycles. The van der Waals surface area contributed by atoms with Crippen molar-refractivity contribution in [3.8, 4) is 17.6 Å². The quantitative estimate of drug-likeness (QED) is 0.318. The van der Waals surface area contributed by atoms with Crippen LogP contribution in [0.1, 0.15) is 38.2 Å². The molecule has 0 spiro atoms. The maximum Gasteiger partial charge on any atom is 0.317 e. The molecule has 0 amide bonds. The van der Waals surface area contributed by atoms with Crippen molar-refractivity contribution in [2.75, 3.05) is 37.9 Å². The van der Waals surface area contributed by atoms with Gasteiger partial charge in [-0.2, -0.15) is 18.0 Å². The van der Waals surface area contributed by atoms with Crippen molar-refractivity contribution < 1.29 is 27.4 Å². The van der Waals surface area contributed by atoms with E-state index in [1.54, 1.807) is 19.1 Å². The third kappa shape index (κ3) is 7.22. The van der Waals surface area contributed by atoms with Gasteiger partial charge in [0.15, 0.2) is 11.6 Å². The molecule has 0 unspecified atom stereocenters. The number of aliphatic carboxylic acids is 1. The highest BCUT2D eigenvalue weighted by atomic mass is 32.2. The predicted octanol–water partition coefficient (Wildman–Crippen LogP) is 3.38. The fourth-order valence-corrected chi connectivity index (χ4v) is 5.84. The fraction of sp³-hybridized carbons (Fsp3) is 0.429. The Labute approximate surface area is 243 Å². The maximum absolute atomic E-state index is 14.8. The minimum atomic E-state index is -3.98. The Hall–Kier alpha value is -4.06. The van der Waals surface area contributed by atoms with Crippen LogP contribution in [0.4, 0.5) is 10.1 Å². The van der Waals surface area contributed by atoms with Gasteiger partial charge in [0, 0.05) is 20.1 Å².